The van der Waals surface area contributed by atoms with Crippen molar-refractivity contribution in [1.82, 2.24) is 19.3 Å². The SMILES string of the molecule is CS(=O)(=O)n1ccc(C(=O)NCC(O)Nc2nc(-c3cccc(CCc4ccncc4)c3)cs2)c1. The van der Waals surface area contributed by atoms with Gasteiger partial charge in [0.1, 0.15) is 6.23 Å². The molecule has 1 unspecified atom stereocenters. The minimum atomic E-state index is -3.46. The van der Waals surface area contributed by atoms with Crippen LogP contribution >= 0.6 is 11.3 Å². The lowest BCUT2D eigenvalue weighted by atomic mass is 10.0. The first-order valence-electron chi connectivity index (χ1n) is 10.8. The first kappa shape index (κ1) is 24.6. The Labute approximate surface area is 207 Å². The lowest BCUT2D eigenvalue weighted by molar-refractivity contribution is 0.0927. The topological polar surface area (TPSA) is 126 Å². The van der Waals surface area contributed by atoms with Gasteiger partial charge in [-0.1, -0.05) is 18.2 Å². The number of thiazole rings is 1. The molecule has 0 fully saturated rings. The Morgan fingerprint density at radius 2 is 1.91 bits per heavy atom. The van der Waals surface area contributed by atoms with E-state index in [0.717, 1.165) is 34.3 Å². The molecule has 3 N–H and O–H groups in total. The quantitative estimate of drug-likeness (QED) is 0.280. The summed E-state index contributed by atoms with van der Waals surface area (Å²) in [5.41, 5.74) is 4.40. The van der Waals surface area contributed by atoms with Crippen molar-refractivity contribution in [2.24, 2.45) is 0 Å². The number of aliphatic hydroxyl groups excluding tert-OH is 1. The van der Waals surface area contributed by atoms with Gasteiger partial charge in [0.15, 0.2) is 5.13 Å². The van der Waals surface area contributed by atoms with Crippen molar-refractivity contribution in [1.29, 1.82) is 0 Å². The number of pyridine rings is 1. The molecule has 3 heterocycles. The number of rotatable bonds is 10. The molecular formula is C24H25N5O4S2. The van der Waals surface area contributed by atoms with Crippen LogP contribution in [-0.4, -0.2) is 52.4 Å². The standard InChI is InChI=1S/C24H25N5O4S2/c1-35(32,33)29-12-9-20(15-29)23(31)26-14-22(30)28-24-27-21(16-34-24)19-4-2-3-18(13-19)6-5-17-7-10-25-11-8-17/h2-4,7-13,15-16,22,30H,5-6,14H2,1H3,(H,26,31)(H,27,28). The number of aromatic nitrogens is 3. The van der Waals surface area contributed by atoms with E-state index in [4.69, 9.17) is 0 Å². The van der Waals surface area contributed by atoms with E-state index in [-0.39, 0.29) is 12.1 Å². The summed E-state index contributed by atoms with van der Waals surface area (Å²) in [6.45, 7) is -0.0811. The van der Waals surface area contributed by atoms with Crippen LogP contribution in [0.1, 0.15) is 21.5 Å². The predicted octanol–water partition coefficient (Wildman–Crippen LogP) is 2.76. The minimum absolute atomic E-state index is 0.0811. The summed E-state index contributed by atoms with van der Waals surface area (Å²) in [4.78, 5) is 20.8. The molecule has 0 radical (unpaired) electrons. The first-order valence-corrected chi connectivity index (χ1v) is 13.6. The molecule has 0 aliphatic carbocycles. The molecule has 182 valence electrons. The van der Waals surface area contributed by atoms with Crippen LogP contribution in [0.3, 0.4) is 0 Å². The van der Waals surface area contributed by atoms with Crippen molar-refractivity contribution in [3.63, 3.8) is 0 Å². The van der Waals surface area contributed by atoms with Crippen molar-refractivity contribution in [3.05, 3.63) is 89.3 Å². The Kier molecular flexibility index (Phi) is 7.59. The zero-order valence-electron chi connectivity index (χ0n) is 19.0. The summed E-state index contributed by atoms with van der Waals surface area (Å²) >= 11 is 1.35. The summed E-state index contributed by atoms with van der Waals surface area (Å²) in [5, 5.41) is 18.1. The summed E-state index contributed by atoms with van der Waals surface area (Å²) in [6, 6.07) is 13.6. The largest absolute Gasteiger partial charge is 0.372 e. The van der Waals surface area contributed by atoms with Gasteiger partial charge in [0.2, 0.25) is 10.0 Å². The molecule has 4 rings (SSSR count). The Morgan fingerprint density at radius 1 is 1.14 bits per heavy atom. The average molecular weight is 512 g/mol. The van der Waals surface area contributed by atoms with Gasteiger partial charge < -0.3 is 15.7 Å². The fourth-order valence-electron chi connectivity index (χ4n) is 3.40. The van der Waals surface area contributed by atoms with Crippen molar-refractivity contribution < 1.29 is 18.3 Å². The van der Waals surface area contributed by atoms with Crippen LogP contribution in [0, 0.1) is 0 Å². The smallest absolute Gasteiger partial charge is 0.253 e. The molecule has 1 aromatic carbocycles. The number of hydrogen-bond acceptors (Lipinski definition) is 8. The van der Waals surface area contributed by atoms with Crippen molar-refractivity contribution >= 4 is 32.4 Å². The van der Waals surface area contributed by atoms with E-state index in [1.807, 2.05) is 29.6 Å². The molecule has 0 saturated carbocycles. The summed E-state index contributed by atoms with van der Waals surface area (Å²) < 4.78 is 24.0. The number of carbonyl (C=O) groups excluding carboxylic acids is 1. The Morgan fingerprint density at radius 3 is 2.66 bits per heavy atom. The summed E-state index contributed by atoms with van der Waals surface area (Å²) in [7, 11) is -3.46. The maximum absolute atomic E-state index is 12.2. The molecule has 0 aliphatic heterocycles. The highest BCUT2D eigenvalue weighted by Crippen LogP contribution is 2.26. The number of benzene rings is 1. The van der Waals surface area contributed by atoms with Gasteiger partial charge in [-0.25, -0.2) is 13.4 Å². The molecule has 3 aromatic heterocycles. The van der Waals surface area contributed by atoms with Crippen molar-refractivity contribution in [2.75, 3.05) is 18.1 Å². The van der Waals surface area contributed by atoms with Gasteiger partial charge in [-0.3, -0.25) is 13.8 Å². The van der Waals surface area contributed by atoms with Crippen LogP contribution in [0.4, 0.5) is 5.13 Å². The number of anilines is 1. The number of nitrogens with zero attached hydrogens (tertiary/aromatic N) is 3. The zero-order chi connectivity index (χ0) is 24.8. The Balaban J connectivity index is 1.31. The maximum atomic E-state index is 12.2. The molecular weight excluding hydrogens is 486 g/mol. The summed E-state index contributed by atoms with van der Waals surface area (Å²) in [6.07, 6.45) is 7.92. The second-order valence-corrected chi connectivity index (χ2v) is 10.7. The van der Waals surface area contributed by atoms with E-state index in [9.17, 15) is 18.3 Å². The molecule has 11 heteroatoms. The van der Waals surface area contributed by atoms with Gasteiger partial charge in [0, 0.05) is 35.7 Å². The molecule has 1 amide bonds. The second-order valence-electron chi connectivity index (χ2n) is 7.96. The van der Waals surface area contributed by atoms with Gasteiger partial charge in [-0.05, 0) is 48.2 Å². The number of aliphatic hydroxyl groups is 1. The number of aryl methyl sites for hydroxylation is 2. The fraction of sp³-hybridized carbons (Fsp3) is 0.208. The fourth-order valence-corrected chi connectivity index (χ4v) is 4.75. The molecule has 1 atom stereocenters. The number of carbonyl (C=O) groups is 1. The van der Waals surface area contributed by atoms with Crippen LogP contribution in [0.15, 0.2) is 72.6 Å². The lowest BCUT2D eigenvalue weighted by Crippen LogP contribution is -2.36. The number of nitrogens with one attached hydrogen (secondary N) is 2. The van der Waals surface area contributed by atoms with Crippen molar-refractivity contribution in [2.45, 2.75) is 19.1 Å². The van der Waals surface area contributed by atoms with Crippen LogP contribution in [0.2, 0.25) is 0 Å². The molecule has 0 saturated heterocycles. The summed E-state index contributed by atoms with van der Waals surface area (Å²) in [5.74, 6) is -0.489. The molecule has 9 nitrogen and oxygen atoms in total. The maximum Gasteiger partial charge on any atom is 0.253 e. The van der Waals surface area contributed by atoms with E-state index in [1.165, 1.54) is 40.9 Å². The van der Waals surface area contributed by atoms with Crippen LogP contribution in [0.25, 0.3) is 11.3 Å². The molecule has 0 spiro atoms. The highest BCUT2D eigenvalue weighted by molar-refractivity contribution is 7.89. The normalized spacial score (nSPS) is 12.3. The Hall–Kier alpha value is -3.54. The van der Waals surface area contributed by atoms with Crippen LogP contribution in [0.5, 0.6) is 0 Å². The van der Waals surface area contributed by atoms with E-state index in [2.05, 4.69) is 32.7 Å². The van der Waals surface area contributed by atoms with E-state index in [1.54, 1.807) is 12.4 Å². The third kappa shape index (κ3) is 6.75. The third-order valence-electron chi connectivity index (χ3n) is 5.24. The van der Waals surface area contributed by atoms with Gasteiger partial charge in [-0.15, -0.1) is 11.3 Å². The average Bonchev–Trinajstić information content (AvgIpc) is 3.52. The van der Waals surface area contributed by atoms with E-state index >= 15 is 0 Å². The van der Waals surface area contributed by atoms with E-state index in [0.29, 0.717) is 5.13 Å². The monoisotopic (exact) mass is 511 g/mol. The highest BCUT2D eigenvalue weighted by atomic mass is 32.2. The van der Waals surface area contributed by atoms with Crippen LogP contribution < -0.4 is 10.6 Å². The third-order valence-corrected chi connectivity index (χ3v) is 7.00. The van der Waals surface area contributed by atoms with Gasteiger partial charge in [0.05, 0.1) is 24.1 Å². The van der Waals surface area contributed by atoms with Gasteiger partial charge in [0.25, 0.3) is 5.91 Å². The number of hydrogen-bond donors (Lipinski definition) is 3. The van der Waals surface area contributed by atoms with Crippen LogP contribution in [-0.2, 0) is 22.9 Å². The Bertz CT molecular complexity index is 1400. The second kappa shape index (κ2) is 10.8. The van der Waals surface area contributed by atoms with Gasteiger partial charge in [-0.2, -0.15) is 0 Å². The molecule has 35 heavy (non-hydrogen) atoms. The number of amides is 1. The van der Waals surface area contributed by atoms with Crippen molar-refractivity contribution in [3.8, 4) is 11.3 Å². The van der Waals surface area contributed by atoms with Gasteiger partial charge >= 0.3 is 0 Å². The molecule has 0 aliphatic rings. The van der Waals surface area contributed by atoms with E-state index < -0.39 is 22.2 Å². The molecule has 0 bridgehead atoms. The minimum Gasteiger partial charge on any atom is -0.372 e. The predicted molar refractivity (Wildman–Crippen MR) is 136 cm³/mol. The lowest BCUT2D eigenvalue weighted by Gasteiger charge is -2.12. The molecule has 4 aromatic rings. The zero-order valence-corrected chi connectivity index (χ0v) is 20.6. The highest BCUT2D eigenvalue weighted by Gasteiger charge is 2.14. The first-order chi connectivity index (χ1) is 16.8.